The van der Waals surface area contributed by atoms with Crippen molar-refractivity contribution in [3.8, 4) is 0 Å². The van der Waals surface area contributed by atoms with Crippen LogP contribution in [0.15, 0.2) is 0 Å². The van der Waals surface area contributed by atoms with Gasteiger partial charge in [0.2, 0.25) is 0 Å². The van der Waals surface area contributed by atoms with Gasteiger partial charge in [0.25, 0.3) is 0 Å². The summed E-state index contributed by atoms with van der Waals surface area (Å²) < 4.78 is 4.93. The predicted molar refractivity (Wildman–Crippen MR) is 114 cm³/mol. The molecule has 0 rings (SSSR count). The largest absolute Gasteiger partial charge is 0.466 e. The van der Waals surface area contributed by atoms with Crippen LogP contribution in [0.3, 0.4) is 0 Å². The number of ether oxygens (including phenoxy) is 1. The zero-order valence-corrected chi connectivity index (χ0v) is 18.4. The second-order valence-corrected chi connectivity index (χ2v) is 8.05. The highest BCUT2D eigenvalue weighted by atomic mass is 79.9. The van der Waals surface area contributed by atoms with Gasteiger partial charge in [-0.25, -0.2) is 0 Å². The van der Waals surface area contributed by atoms with Gasteiger partial charge in [-0.1, -0.05) is 112 Å². The number of carbonyl (C=O) groups excluding carboxylic acids is 1. The molecular weight excluding hydrogens is 376 g/mol. The van der Waals surface area contributed by atoms with Gasteiger partial charge in [-0.2, -0.15) is 0 Å². The normalized spacial score (nSPS) is 11.0. The number of unbranched alkanes of at least 4 members (excludes halogenated alkanes) is 16. The Morgan fingerprint density at radius 2 is 0.920 bits per heavy atom. The summed E-state index contributed by atoms with van der Waals surface area (Å²) in [6.07, 6.45) is 23.8. The lowest BCUT2D eigenvalue weighted by Gasteiger charge is -2.04. The molecule has 0 aliphatic carbocycles. The molecule has 0 heterocycles. The Balaban J connectivity index is 3.02. The maximum Gasteiger partial charge on any atom is 0.305 e. The number of hydrogen-bond donors (Lipinski definition) is 0. The monoisotopic (exact) mass is 418 g/mol. The fraction of sp³-hybridized carbons (Fsp3) is 0.955. The molecule has 0 aromatic rings. The van der Waals surface area contributed by atoms with Crippen molar-refractivity contribution < 1.29 is 9.53 Å². The Labute approximate surface area is 166 Å². The molecular formula is C22H43BrO2. The SMILES string of the molecule is CCOC(=O)CCCCCCCCCCCCCCCCCCCBr. The zero-order chi connectivity index (χ0) is 18.4. The van der Waals surface area contributed by atoms with E-state index in [1.165, 1.54) is 108 Å². The highest BCUT2D eigenvalue weighted by Crippen LogP contribution is 2.14. The standard InChI is InChI=1S/C22H43BrO2/c1-2-25-22(24)20-18-16-14-12-10-8-6-4-3-5-7-9-11-13-15-17-19-21-23/h2-21H2,1H3. The van der Waals surface area contributed by atoms with E-state index < -0.39 is 0 Å². The van der Waals surface area contributed by atoms with Crippen LogP contribution in [0.1, 0.15) is 122 Å². The van der Waals surface area contributed by atoms with Crippen molar-refractivity contribution in [2.24, 2.45) is 0 Å². The van der Waals surface area contributed by atoms with E-state index in [0.717, 1.165) is 6.42 Å². The first-order chi connectivity index (χ1) is 12.3. The molecule has 0 aromatic carbocycles. The maximum atomic E-state index is 11.2. The quantitative estimate of drug-likeness (QED) is 0.114. The second kappa shape index (κ2) is 22.0. The van der Waals surface area contributed by atoms with Crippen molar-refractivity contribution in [3.63, 3.8) is 0 Å². The highest BCUT2D eigenvalue weighted by Gasteiger charge is 2.00. The topological polar surface area (TPSA) is 26.3 Å². The molecule has 0 fully saturated rings. The molecule has 0 radical (unpaired) electrons. The first-order valence-corrected chi connectivity index (χ1v) is 12.1. The molecule has 0 saturated carbocycles. The molecule has 150 valence electrons. The van der Waals surface area contributed by atoms with Gasteiger partial charge in [0.15, 0.2) is 0 Å². The van der Waals surface area contributed by atoms with E-state index in [1.807, 2.05) is 6.92 Å². The lowest BCUT2D eigenvalue weighted by atomic mass is 10.0. The molecule has 0 saturated heterocycles. The molecule has 0 spiro atoms. The minimum Gasteiger partial charge on any atom is -0.466 e. The van der Waals surface area contributed by atoms with Gasteiger partial charge in [-0.15, -0.1) is 0 Å². The van der Waals surface area contributed by atoms with Gasteiger partial charge in [0.05, 0.1) is 6.61 Å². The molecule has 0 amide bonds. The minimum absolute atomic E-state index is 0.0304. The van der Waals surface area contributed by atoms with Crippen LogP contribution < -0.4 is 0 Å². The summed E-state index contributed by atoms with van der Waals surface area (Å²) in [4.78, 5) is 11.2. The summed E-state index contributed by atoms with van der Waals surface area (Å²) in [5, 5.41) is 1.17. The summed E-state index contributed by atoms with van der Waals surface area (Å²) >= 11 is 3.49. The van der Waals surface area contributed by atoms with Crippen molar-refractivity contribution in [2.45, 2.75) is 122 Å². The lowest BCUT2D eigenvalue weighted by Crippen LogP contribution is -2.03. The molecule has 0 bridgehead atoms. The Bertz CT molecular complexity index is 269. The number of alkyl halides is 1. The highest BCUT2D eigenvalue weighted by molar-refractivity contribution is 9.09. The number of halogens is 1. The van der Waals surface area contributed by atoms with Crippen LogP contribution in [0, 0.1) is 0 Å². The average molecular weight is 419 g/mol. The van der Waals surface area contributed by atoms with E-state index in [9.17, 15) is 4.79 Å². The first kappa shape index (κ1) is 24.9. The first-order valence-electron chi connectivity index (χ1n) is 11.0. The average Bonchev–Trinajstić information content (AvgIpc) is 2.61. The number of hydrogen-bond acceptors (Lipinski definition) is 2. The van der Waals surface area contributed by atoms with Gasteiger partial charge < -0.3 is 4.74 Å². The summed E-state index contributed by atoms with van der Waals surface area (Å²) in [6.45, 7) is 2.38. The Hall–Kier alpha value is -0.0500. The molecule has 3 heteroatoms. The van der Waals surface area contributed by atoms with Crippen molar-refractivity contribution >= 4 is 21.9 Å². The Morgan fingerprint density at radius 1 is 0.600 bits per heavy atom. The number of rotatable bonds is 20. The summed E-state index contributed by atoms with van der Waals surface area (Å²) in [6, 6.07) is 0. The van der Waals surface area contributed by atoms with Crippen molar-refractivity contribution in [3.05, 3.63) is 0 Å². The van der Waals surface area contributed by atoms with Crippen LogP contribution in [0.5, 0.6) is 0 Å². The van der Waals surface area contributed by atoms with E-state index in [4.69, 9.17) is 4.74 Å². The van der Waals surface area contributed by atoms with Crippen LogP contribution in [0.4, 0.5) is 0 Å². The van der Waals surface area contributed by atoms with Crippen LogP contribution in [0.2, 0.25) is 0 Å². The van der Waals surface area contributed by atoms with Crippen molar-refractivity contribution in [1.82, 2.24) is 0 Å². The summed E-state index contributed by atoms with van der Waals surface area (Å²) in [5.74, 6) is -0.0304. The van der Waals surface area contributed by atoms with Gasteiger partial charge in [-0.05, 0) is 19.8 Å². The summed E-state index contributed by atoms with van der Waals surface area (Å²) in [5.41, 5.74) is 0. The Kier molecular flexibility index (Phi) is 21.9. The third-order valence-electron chi connectivity index (χ3n) is 4.82. The van der Waals surface area contributed by atoms with E-state index in [-0.39, 0.29) is 5.97 Å². The van der Waals surface area contributed by atoms with Crippen molar-refractivity contribution in [1.29, 1.82) is 0 Å². The minimum atomic E-state index is -0.0304. The number of carbonyl (C=O) groups is 1. The third-order valence-corrected chi connectivity index (χ3v) is 5.38. The molecule has 2 nitrogen and oxygen atoms in total. The van der Waals surface area contributed by atoms with E-state index >= 15 is 0 Å². The second-order valence-electron chi connectivity index (χ2n) is 7.25. The Morgan fingerprint density at radius 3 is 1.24 bits per heavy atom. The van der Waals surface area contributed by atoms with E-state index in [2.05, 4.69) is 15.9 Å². The van der Waals surface area contributed by atoms with Gasteiger partial charge in [0.1, 0.15) is 0 Å². The van der Waals surface area contributed by atoms with Crippen LogP contribution in [-0.4, -0.2) is 17.9 Å². The van der Waals surface area contributed by atoms with Crippen molar-refractivity contribution in [2.75, 3.05) is 11.9 Å². The maximum absolute atomic E-state index is 11.2. The zero-order valence-electron chi connectivity index (χ0n) is 16.8. The molecule has 0 N–H and O–H groups in total. The fourth-order valence-electron chi connectivity index (χ4n) is 3.25. The summed E-state index contributed by atoms with van der Waals surface area (Å²) in [7, 11) is 0. The lowest BCUT2D eigenvalue weighted by molar-refractivity contribution is -0.143. The predicted octanol–water partition coefficient (Wildman–Crippen LogP) is 7.97. The molecule has 25 heavy (non-hydrogen) atoms. The van der Waals surface area contributed by atoms with E-state index in [0.29, 0.717) is 13.0 Å². The van der Waals surface area contributed by atoms with E-state index in [1.54, 1.807) is 0 Å². The fourth-order valence-corrected chi connectivity index (χ4v) is 3.65. The molecule has 0 atom stereocenters. The smallest absolute Gasteiger partial charge is 0.305 e. The number of esters is 1. The molecule has 0 aliphatic rings. The van der Waals surface area contributed by atoms with Crippen LogP contribution in [-0.2, 0) is 9.53 Å². The van der Waals surface area contributed by atoms with Gasteiger partial charge in [-0.3, -0.25) is 4.79 Å². The molecule has 0 unspecified atom stereocenters. The molecule has 0 aliphatic heterocycles. The van der Waals surface area contributed by atoms with Crippen LogP contribution in [0.25, 0.3) is 0 Å². The van der Waals surface area contributed by atoms with Gasteiger partial charge in [0, 0.05) is 11.8 Å². The molecule has 0 aromatic heterocycles. The van der Waals surface area contributed by atoms with Gasteiger partial charge >= 0.3 is 5.97 Å². The van der Waals surface area contributed by atoms with Crippen LogP contribution >= 0.6 is 15.9 Å². The third kappa shape index (κ3) is 21.9.